The van der Waals surface area contributed by atoms with Crippen molar-refractivity contribution in [2.75, 3.05) is 0 Å². The SMILES string of the molecule is O=C(c1cc(Cl)cc(Br)c1)c1c[nH]c2cc(F)ccc12. The summed E-state index contributed by atoms with van der Waals surface area (Å²) in [4.78, 5) is 15.4. The molecule has 20 heavy (non-hydrogen) atoms. The summed E-state index contributed by atoms with van der Waals surface area (Å²) < 4.78 is 13.9. The molecule has 1 heterocycles. The summed E-state index contributed by atoms with van der Waals surface area (Å²) in [6.07, 6.45) is 1.58. The Morgan fingerprint density at radius 2 is 2.00 bits per heavy atom. The molecule has 0 radical (unpaired) electrons. The van der Waals surface area contributed by atoms with E-state index in [9.17, 15) is 9.18 Å². The third-order valence-corrected chi connectivity index (χ3v) is 3.69. The molecule has 0 unspecified atom stereocenters. The molecule has 3 rings (SSSR count). The average molecular weight is 353 g/mol. The second-order valence-electron chi connectivity index (χ2n) is 4.38. The van der Waals surface area contributed by atoms with Crippen LogP contribution in [0.1, 0.15) is 15.9 Å². The van der Waals surface area contributed by atoms with Crippen LogP contribution in [0.15, 0.2) is 47.1 Å². The maximum Gasteiger partial charge on any atom is 0.195 e. The van der Waals surface area contributed by atoms with Gasteiger partial charge in [-0.15, -0.1) is 0 Å². The number of aromatic amines is 1. The van der Waals surface area contributed by atoms with Gasteiger partial charge in [0, 0.05) is 37.7 Å². The fraction of sp³-hybridized carbons (Fsp3) is 0. The highest BCUT2D eigenvalue weighted by Crippen LogP contribution is 2.25. The molecule has 5 heteroatoms. The molecule has 0 fully saturated rings. The molecule has 0 aliphatic rings. The number of fused-ring (bicyclic) bond motifs is 1. The number of aromatic nitrogens is 1. The Balaban J connectivity index is 2.12. The molecule has 0 saturated carbocycles. The number of hydrogen-bond acceptors (Lipinski definition) is 1. The number of nitrogens with one attached hydrogen (secondary N) is 1. The monoisotopic (exact) mass is 351 g/mol. The summed E-state index contributed by atoms with van der Waals surface area (Å²) in [5.41, 5.74) is 1.57. The van der Waals surface area contributed by atoms with Gasteiger partial charge in [0.1, 0.15) is 5.82 Å². The van der Waals surface area contributed by atoms with Gasteiger partial charge < -0.3 is 4.98 Å². The number of ketones is 1. The van der Waals surface area contributed by atoms with Crippen LogP contribution in [0.5, 0.6) is 0 Å². The maximum absolute atomic E-state index is 13.1. The third-order valence-electron chi connectivity index (χ3n) is 3.01. The predicted molar refractivity (Wildman–Crippen MR) is 80.8 cm³/mol. The molecule has 100 valence electrons. The zero-order valence-corrected chi connectivity index (χ0v) is 12.4. The van der Waals surface area contributed by atoms with E-state index in [1.165, 1.54) is 12.1 Å². The molecule has 0 aliphatic heterocycles. The van der Waals surface area contributed by atoms with Gasteiger partial charge in [-0.2, -0.15) is 0 Å². The Kier molecular flexibility index (Phi) is 3.36. The van der Waals surface area contributed by atoms with Gasteiger partial charge in [-0.1, -0.05) is 27.5 Å². The first kappa shape index (κ1) is 13.3. The second-order valence-corrected chi connectivity index (χ2v) is 5.73. The third kappa shape index (κ3) is 2.37. The summed E-state index contributed by atoms with van der Waals surface area (Å²) >= 11 is 9.26. The van der Waals surface area contributed by atoms with Crippen molar-refractivity contribution in [1.82, 2.24) is 4.98 Å². The molecule has 0 saturated heterocycles. The number of benzene rings is 2. The molecule has 0 amide bonds. The molecule has 0 aliphatic carbocycles. The molecule has 3 aromatic rings. The summed E-state index contributed by atoms with van der Waals surface area (Å²) in [5.74, 6) is -0.505. The highest BCUT2D eigenvalue weighted by atomic mass is 79.9. The first-order valence-corrected chi connectivity index (χ1v) is 6.99. The van der Waals surface area contributed by atoms with Crippen molar-refractivity contribution in [2.24, 2.45) is 0 Å². The van der Waals surface area contributed by atoms with Crippen LogP contribution in [-0.4, -0.2) is 10.8 Å². The fourth-order valence-corrected chi connectivity index (χ4v) is 2.99. The van der Waals surface area contributed by atoms with E-state index in [-0.39, 0.29) is 11.6 Å². The minimum absolute atomic E-state index is 0.161. The number of carbonyl (C=O) groups excluding carboxylic acids is 1. The van der Waals surface area contributed by atoms with E-state index >= 15 is 0 Å². The lowest BCUT2D eigenvalue weighted by atomic mass is 10.0. The van der Waals surface area contributed by atoms with Crippen molar-refractivity contribution in [2.45, 2.75) is 0 Å². The summed E-state index contributed by atoms with van der Waals surface area (Å²) in [6.45, 7) is 0. The minimum Gasteiger partial charge on any atom is -0.360 e. The molecule has 1 aromatic heterocycles. The predicted octanol–water partition coefficient (Wildman–Crippen LogP) is 4.95. The smallest absolute Gasteiger partial charge is 0.195 e. The second kappa shape index (κ2) is 5.04. The lowest BCUT2D eigenvalue weighted by Gasteiger charge is -2.02. The van der Waals surface area contributed by atoms with Crippen molar-refractivity contribution in [3.05, 3.63) is 69.0 Å². The molecular weight excluding hydrogens is 345 g/mol. The van der Waals surface area contributed by atoms with E-state index in [1.54, 1.807) is 30.5 Å². The summed E-state index contributed by atoms with van der Waals surface area (Å²) in [6, 6.07) is 9.31. The van der Waals surface area contributed by atoms with Gasteiger partial charge in [0.05, 0.1) is 0 Å². The van der Waals surface area contributed by atoms with Crippen LogP contribution in [0.3, 0.4) is 0 Å². The van der Waals surface area contributed by atoms with E-state index in [0.29, 0.717) is 27.1 Å². The Labute approximate surface area is 127 Å². The molecular formula is C15H8BrClFNO. The maximum atomic E-state index is 13.1. The van der Waals surface area contributed by atoms with E-state index in [0.717, 1.165) is 4.47 Å². The highest BCUT2D eigenvalue weighted by molar-refractivity contribution is 9.10. The van der Waals surface area contributed by atoms with Gasteiger partial charge in [0.15, 0.2) is 5.78 Å². The number of H-pyrrole nitrogens is 1. The summed E-state index contributed by atoms with van der Waals surface area (Å²) in [5, 5.41) is 1.17. The first-order chi connectivity index (χ1) is 9.54. The normalized spacial score (nSPS) is 10.9. The van der Waals surface area contributed by atoms with Crippen LogP contribution in [0, 0.1) is 5.82 Å². The van der Waals surface area contributed by atoms with Gasteiger partial charge >= 0.3 is 0 Å². The van der Waals surface area contributed by atoms with Crippen LogP contribution in [0.4, 0.5) is 4.39 Å². The highest BCUT2D eigenvalue weighted by Gasteiger charge is 2.15. The van der Waals surface area contributed by atoms with Gasteiger partial charge in [-0.25, -0.2) is 4.39 Å². The molecule has 0 atom stereocenters. The average Bonchev–Trinajstić information content (AvgIpc) is 2.79. The van der Waals surface area contributed by atoms with E-state index < -0.39 is 0 Å². The van der Waals surface area contributed by atoms with Crippen molar-refractivity contribution in [3.63, 3.8) is 0 Å². The quantitative estimate of drug-likeness (QED) is 0.650. The lowest BCUT2D eigenvalue weighted by molar-refractivity contribution is 0.104. The van der Waals surface area contributed by atoms with Crippen molar-refractivity contribution in [3.8, 4) is 0 Å². The molecule has 2 nitrogen and oxygen atoms in total. The number of carbonyl (C=O) groups is 1. The van der Waals surface area contributed by atoms with Crippen molar-refractivity contribution >= 4 is 44.2 Å². The summed E-state index contributed by atoms with van der Waals surface area (Å²) in [7, 11) is 0. The number of rotatable bonds is 2. The fourth-order valence-electron chi connectivity index (χ4n) is 2.13. The van der Waals surface area contributed by atoms with E-state index in [1.807, 2.05) is 0 Å². The van der Waals surface area contributed by atoms with Gasteiger partial charge in [-0.05, 0) is 36.4 Å². The van der Waals surface area contributed by atoms with Gasteiger partial charge in [0.25, 0.3) is 0 Å². The Morgan fingerprint density at radius 1 is 1.20 bits per heavy atom. The standard InChI is InChI=1S/C15H8BrClFNO/c16-9-3-8(4-10(17)5-9)15(20)13-7-19-14-6-11(18)1-2-12(13)14/h1-7,19H. The van der Waals surface area contributed by atoms with E-state index in [2.05, 4.69) is 20.9 Å². The number of halogens is 3. The lowest BCUT2D eigenvalue weighted by Crippen LogP contribution is -2.00. The molecule has 0 bridgehead atoms. The van der Waals surface area contributed by atoms with E-state index in [4.69, 9.17) is 11.6 Å². The van der Waals surface area contributed by atoms with Crippen molar-refractivity contribution in [1.29, 1.82) is 0 Å². The Bertz CT molecular complexity index is 808. The zero-order valence-electron chi connectivity index (χ0n) is 10.1. The Hall–Kier alpha value is -1.65. The minimum atomic E-state index is -0.344. The van der Waals surface area contributed by atoms with Crippen LogP contribution < -0.4 is 0 Å². The number of hydrogen-bond donors (Lipinski definition) is 1. The van der Waals surface area contributed by atoms with Gasteiger partial charge in [0.2, 0.25) is 0 Å². The van der Waals surface area contributed by atoms with Crippen molar-refractivity contribution < 1.29 is 9.18 Å². The van der Waals surface area contributed by atoms with Crippen LogP contribution in [0.25, 0.3) is 10.9 Å². The Morgan fingerprint density at radius 3 is 2.75 bits per heavy atom. The van der Waals surface area contributed by atoms with Crippen LogP contribution >= 0.6 is 27.5 Å². The topological polar surface area (TPSA) is 32.9 Å². The van der Waals surface area contributed by atoms with Gasteiger partial charge in [-0.3, -0.25) is 4.79 Å². The zero-order chi connectivity index (χ0) is 14.3. The van der Waals surface area contributed by atoms with Crippen LogP contribution in [-0.2, 0) is 0 Å². The first-order valence-electron chi connectivity index (χ1n) is 5.82. The largest absolute Gasteiger partial charge is 0.360 e. The molecule has 2 aromatic carbocycles. The van der Waals surface area contributed by atoms with Crippen LogP contribution in [0.2, 0.25) is 5.02 Å². The molecule has 0 spiro atoms. The molecule has 1 N–H and O–H groups in total.